The molecule has 0 saturated carbocycles. The van der Waals surface area contributed by atoms with Crippen LogP contribution < -0.4 is 10.5 Å². The van der Waals surface area contributed by atoms with E-state index in [1.165, 1.54) is 0 Å². The van der Waals surface area contributed by atoms with Gasteiger partial charge in [0.05, 0.1) is 13.5 Å². The van der Waals surface area contributed by atoms with Gasteiger partial charge in [-0.05, 0) is 30.7 Å². The van der Waals surface area contributed by atoms with Crippen LogP contribution in [0.1, 0.15) is 11.3 Å². The van der Waals surface area contributed by atoms with Gasteiger partial charge in [-0.1, -0.05) is 0 Å². The van der Waals surface area contributed by atoms with Crippen LogP contribution in [0.2, 0.25) is 0 Å². The summed E-state index contributed by atoms with van der Waals surface area (Å²) in [6.07, 6.45) is 0.260. The third kappa shape index (κ3) is 1.86. The van der Waals surface area contributed by atoms with E-state index in [0.29, 0.717) is 0 Å². The second-order valence-electron chi connectivity index (χ2n) is 4.15. The average Bonchev–Trinajstić information content (AvgIpc) is 2.53. The number of nitrogens with zero attached hydrogens (tertiary/aromatic N) is 1. The Morgan fingerprint density at radius 1 is 1.47 bits per heavy atom. The lowest BCUT2D eigenvalue weighted by Gasteiger charge is -2.01. The average molecular weight is 232 g/mol. The molecule has 2 aromatic rings. The second-order valence-corrected chi connectivity index (χ2v) is 4.15. The van der Waals surface area contributed by atoms with Crippen LogP contribution in [-0.4, -0.2) is 17.6 Å². The van der Waals surface area contributed by atoms with Crippen molar-refractivity contribution in [1.82, 2.24) is 4.57 Å². The monoisotopic (exact) mass is 232 g/mol. The molecule has 2 N–H and O–H groups in total. The summed E-state index contributed by atoms with van der Waals surface area (Å²) < 4.78 is 7.27. The van der Waals surface area contributed by atoms with Gasteiger partial charge in [0.2, 0.25) is 5.91 Å². The number of primary amides is 1. The van der Waals surface area contributed by atoms with Crippen LogP contribution in [0.5, 0.6) is 5.75 Å². The number of ether oxygens (including phenoxy) is 1. The van der Waals surface area contributed by atoms with Crippen molar-refractivity contribution >= 4 is 16.8 Å². The van der Waals surface area contributed by atoms with Crippen LogP contribution in [0.15, 0.2) is 18.2 Å². The molecule has 0 bridgehead atoms. The molecule has 0 unspecified atom stereocenters. The number of hydrogen-bond acceptors (Lipinski definition) is 2. The lowest BCUT2D eigenvalue weighted by molar-refractivity contribution is -0.117. The van der Waals surface area contributed by atoms with Crippen LogP contribution >= 0.6 is 0 Å². The summed E-state index contributed by atoms with van der Waals surface area (Å²) in [5.74, 6) is 0.470. The summed E-state index contributed by atoms with van der Waals surface area (Å²) in [6, 6.07) is 5.85. The Morgan fingerprint density at radius 2 is 2.18 bits per heavy atom. The normalized spacial score (nSPS) is 10.8. The number of fused-ring (bicyclic) bond motifs is 1. The molecule has 0 saturated heterocycles. The summed E-state index contributed by atoms with van der Waals surface area (Å²) in [4.78, 5) is 11.1. The van der Waals surface area contributed by atoms with Crippen molar-refractivity contribution in [3.8, 4) is 5.75 Å². The fraction of sp³-hybridized carbons (Fsp3) is 0.308. The Hall–Kier alpha value is -1.97. The molecule has 1 amide bonds. The fourth-order valence-electron chi connectivity index (χ4n) is 2.15. The predicted octanol–water partition coefficient (Wildman–Crippen LogP) is 1.52. The topological polar surface area (TPSA) is 57.2 Å². The van der Waals surface area contributed by atoms with E-state index < -0.39 is 0 Å². The maximum atomic E-state index is 11.1. The molecule has 0 spiro atoms. The molecule has 1 heterocycles. The molecule has 0 aliphatic rings. The molecule has 1 aromatic heterocycles. The van der Waals surface area contributed by atoms with E-state index in [1.54, 1.807) is 7.11 Å². The Bertz CT molecular complexity index is 585. The molecule has 0 atom stereocenters. The van der Waals surface area contributed by atoms with E-state index in [4.69, 9.17) is 10.5 Å². The van der Waals surface area contributed by atoms with Crippen molar-refractivity contribution in [2.75, 3.05) is 7.11 Å². The van der Waals surface area contributed by atoms with Crippen molar-refractivity contribution in [1.29, 1.82) is 0 Å². The third-order valence-electron chi connectivity index (χ3n) is 3.18. The molecule has 17 heavy (non-hydrogen) atoms. The maximum absolute atomic E-state index is 11.1. The van der Waals surface area contributed by atoms with Gasteiger partial charge in [0, 0.05) is 23.6 Å². The van der Waals surface area contributed by atoms with E-state index in [1.807, 2.05) is 32.2 Å². The summed E-state index contributed by atoms with van der Waals surface area (Å²) in [7, 11) is 3.61. The third-order valence-corrected chi connectivity index (χ3v) is 3.18. The van der Waals surface area contributed by atoms with Gasteiger partial charge in [-0.3, -0.25) is 4.79 Å². The Balaban J connectivity index is 2.71. The quantitative estimate of drug-likeness (QED) is 0.872. The van der Waals surface area contributed by atoms with Crippen LogP contribution in [-0.2, 0) is 18.3 Å². The van der Waals surface area contributed by atoms with Crippen molar-refractivity contribution < 1.29 is 9.53 Å². The first-order chi connectivity index (χ1) is 8.04. The highest BCUT2D eigenvalue weighted by molar-refractivity contribution is 5.91. The standard InChI is InChI=1S/C13H16N2O2/c1-8-10(7-13(14)16)11-6-9(17-3)4-5-12(11)15(8)2/h4-6H,7H2,1-3H3,(H2,14,16). The summed E-state index contributed by atoms with van der Waals surface area (Å²) in [6.45, 7) is 1.99. The highest BCUT2D eigenvalue weighted by atomic mass is 16.5. The number of aromatic nitrogens is 1. The summed E-state index contributed by atoms with van der Waals surface area (Å²) >= 11 is 0. The number of carbonyl (C=O) groups excluding carboxylic acids is 1. The van der Waals surface area contributed by atoms with E-state index in [9.17, 15) is 4.79 Å². The van der Waals surface area contributed by atoms with E-state index in [2.05, 4.69) is 4.57 Å². The van der Waals surface area contributed by atoms with Crippen LogP contribution in [0, 0.1) is 6.92 Å². The first kappa shape index (κ1) is 11.5. The zero-order valence-corrected chi connectivity index (χ0v) is 10.3. The highest BCUT2D eigenvalue weighted by Gasteiger charge is 2.14. The van der Waals surface area contributed by atoms with Crippen molar-refractivity contribution in [2.45, 2.75) is 13.3 Å². The van der Waals surface area contributed by atoms with Gasteiger partial charge < -0.3 is 15.0 Å². The molecular formula is C13H16N2O2. The van der Waals surface area contributed by atoms with Gasteiger partial charge in [0.1, 0.15) is 5.75 Å². The van der Waals surface area contributed by atoms with Crippen molar-refractivity contribution in [3.63, 3.8) is 0 Å². The summed E-state index contributed by atoms with van der Waals surface area (Å²) in [5, 5.41) is 1.03. The number of benzene rings is 1. The number of aryl methyl sites for hydroxylation is 1. The zero-order chi connectivity index (χ0) is 12.6. The predicted molar refractivity (Wildman–Crippen MR) is 67.1 cm³/mol. The minimum absolute atomic E-state index is 0.260. The first-order valence-electron chi connectivity index (χ1n) is 5.44. The molecule has 90 valence electrons. The van der Waals surface area contributed by atoms with Gasteiger partial charge in [-0.25, -0.2) is 0 Å². The van der Waals surface area contributed by atoms with E-state index >= 15 is 0 Å². The number of amides is 1. The van der Waals surface area contributed by atoms with Gasteiger partial charge in [-0.2, -0.15) is 0 Å². The Kier molecular flexibility index (Phi) is 2.79. The van der Waals surface area contributed by atoms with Gasteiger partial charge in [-0.15, -0.1) is 0 Å². The smallest absolute Gasteiger partial charge is 0.221 e. The minimum Gasteiger partial charge on any atom is -0.497 e. The molecule has 4 nitrogen and oxygen atoms in total. The summed E-state index contributed by atoms with van der Waals surface area (Å²) in [5.41, 5.74) is 8.41. The number of rotatable bonds is 3. The lowest BCUT2D eigenvalue weighted by Crippen LogP contribution is -2.14. The molecule has 0 radical (unpaired) electrons. The number of nitrogens with two attached hydrogens (primary N) is 1. The molecule has 2 rings (SSSR count). The Morgan fingerprint density at radius 3 is 2.76 bits per heavy atom. The minimum atomic E-state index is -0.316. The molecule has 4 heteroatoms. The molecular weight excluding hydrogens is 216 g/mol. The molecule has 0 aliphatic heterocycles. The molecule has 1 aromatic carbocycles. The molecule has 0 aliphatic carbocycles. The van der Waals surface area contributed by atoms with Crippen LogP contribution in [0.3, 0.4) is 0 Å². The number of carbonyl (C=O) groups is 1. The second kappa shape index (κ2) is 4.13. The lowest BCUT2D eigenvalue weighted by atomic mass is 10.1. The van der Waals surface area contributed by atoms with Gasteiger partial charge >= 0.3 is 0 Å². The van der Waals surface area contributed by atoms with Gasteiger partial charge in [0.25, 0.3) is 0 Å². The van der Waals surface area contributed by atoms with Crippen molar-refractivity contribution in [2.24, 2.45) is 12.8 Å². The van der Waals surface area contributed by atoms with Crippen molar-refractivity contribution in [3.05, 3.63) is 29.5 Å². The molecule has 0 fully saturated rings. The first-order valence-corrected chi connectivity index (χ1v) is 5.44. The SMILES string of the molecule is COc1ccc2c(c1)c(CC(N)=O)c(C)n2C. The van der Waals surface area contributed by atoms with E-state index in [-0.39, 0.29) is 12.3 Å². The highest BCUT2D eigenvalue weighted by Crippen LogP contribution is 2.28. The maximum Gasteiger partial charge on any atom is 0.221 e. The van der Waals surface area contributed by atoms with Gasteiger partial charge in [0.15, 0.2) is 0 Å². The van der Waals surface area contributed by atoms with Crippen LogP contribution in [0.4, 0.5) is 0 Å². The van der Waals surface area contributed by atoms with E-state index in [0.717, 1.165) is 27.9 Å². The fourth-order valence-corrected chi connectivity index (χ4v) is 2.15. The number of methoxy groups -OCH3 is 1. The Labute approximate surface area is 100.0 Å². The zero-order valence-electron chi connectivity index (χ0n) is 10.3. The largest absolute Gasteiger partial charge is 0.497 e. The van der Waals surface area contributed by atoms with Crippen LogP contribution in [0.25, 0.3) is 10.9 Å². The number of hydrogen-bond donors (Lipinski definition) is 1.